The zero-order valence-electron chi connectivity index (χ0n) is 14.9. The maximum absolute atomic E-state index is 14.7. The first-order valence-electron chi connectivity index (χ1n) is 9.32. The van der Waals surface area contributed by atoms with E-state index in [0.717, 1.165) is 44.2 Å². The molecule has 3 N–H and O–H groups in total. The first-order chi connectivity index (χ1) is 13.1. The minimum atomic E-state index is -0.461. The Morgan fingerprint density at radius 1 is 1.22 bits per heavy atom. The molecule has 7 heteroatoms. The van der Waals surface area contributed by atoms with Crippen LogP contribution in [0.1, 0.15) is 42.4 Å². The van der Waals surface area contributed by atoms with Gasteiger partial charge in [-0.15, -0.1) is 0 Å². The summed E-state index contributed by atoms with van der Waals surface area (Å²) in [6, 6.07) is 7.47. The van der Waals surface area contributed by atoms with Gasteiger partial charge in [-0.25, -0.2) is 9.37 Å². The van der Waals surface area contributed by atoms with E-state index in [0.29, 0.717) is 18.0 Å². The van der Waals surface area contributed by atoms with E-state index in [-0.39, 0.29) is 15.8 Å². The van der Waals surface area contributed by atoms with Gasteiger partial charge in [-0.3, -0.25) is 5.41 Å². The summed E-state index contributed by atoms with van der Waals surface area (Å²) in [6.45, 7) is 0.705. The lowest BCUT2D eigenvalue weighted by Crippen LogP contribution is -2.28. The van der Waals surface area contributed by atoms with E-state index in [4.69, 9.17) is 10.1 Å². The van der Waals surface area contributed by atoms with Gasteiger partial charge in [0, 0.05) is 12.3 Å². The fraction of sp³-hybridized carbons (Fsp3) is 0.400. The summed E-state index contributed by atoms with van der Waals surface area (Å²) in [5.74, 6) is 0.199. The molecule has 1 atom stereocenters. The van der Waals surface area contributed by atoms with Crippen LogP contribution in [0.15, 0.2) is 24.3 Å². The average Bonchev–Trinajstić information content (AvgIpc) is 3.14. The van der Waals surface area contributed by atoms with Crippen molar-refractivity contribution in [2.24, 2.45) is 0 Å². The lowest BCUT2D eigenvalue weighted by Gasteiger charge is -2.25. The second-order valence-electron chi connectivity index (χ2n) is 6.95. The highest BCUT2D eigenvalue weighted by Crippen LogP contribution is 2.32. The normalized spacial score (nSPS) is 18.8. The van der Waals surface area contributed by atoms with Crippen molar-refractivity contribution >= 4 is 43.6 Å². The van der Waals surface area contributed by atoms with E-state index in [9.17, 15) is 4.39 Å². The predicted molar refractivity (Wildman–Crippen MR) is 114 cm³/mol. The molecule has 0 bridgehead atoms. The molecule has 1 aromatic carbocycles. The number of halogens is 2. The van der Waals surface area contributed by atoms with Gasteiger partial charge >= 0.3 is 0 Å². The van der Waals surface area contributed by atoms with Crippen molar-refractivity contribution in [3.8, 4) is 0 Å². The van der Waals surface area contributed by atoms with E-state index in [2.05, 4.69) is 21.7 Å². The molecule has 0 spiro atoms. The van der Waals surface area contributed by atoms with Crippen LogP contribution in [0.4, 0.5) is 21.7 Å². The molecule has 1 fully saturated rings. The average molecular weight is 480 g/mol. The highest BCUT2D eigenvalue weighted by molar-refractivity contribution is 14.1. The standard InChI is InChI=1S/C20H22FIN4O/c21-15-11-14(18(22)23)19(25-17-9-1-2-10-27-17)26-20(15)24-16-8-4-6-12-5-3-7-13(12)16/h4,6,8,11,17,23H,1-3,5,7,9-10H2,(H2,24,25,26). The van der Waals surface area contributed by atoms with Gasteiger partial charge in [0.25, 0.3) is 0 Å². The third kappa shape index (κ3) is 4.08. The Bertz CT molecular complexity index is 867. The topological polar surface area (TPSA) is 70.0 Å². The van der Waals surface area contributed by atoms with Crippen molar-refractivity contribution in [2.75, 3.05) is 17.2 Å². The third-order valence-corrected chi connectivity index (χ3v) is 5.67. The molecule has 2 heterocycles. The van der Waals surface area contributed by atoms with E-state index in [1.807, 2.05) is 34.7 Å². The molecule has 0 saturated carbocycles. The van der Waals surface area contributed by atoms with E-state index >= 15 is 0 Å². The zero-order valence-corrected chi connectivity index (χ0v) is 17.1. The fourth-order valence-corrected chi connectivity index (χ4v) is 4.14. The summed E-state index contributed by atoms with van der Waals surface area (Å²) in [7, 11) is 0. The number of fused-ring (bicyclic) bond motifs is 1. The molecule has 1 saturated heterocycles. The molecule has 1 aliphatic heterocycles. The van der Waals surface area contributed by atoms with E-state index in [1.54, 1.807) is 0 Å². The Labute approximate surface area is 171 Å². The largest absolute Gasteiger partial charge is 0.359 e. The van der Waals surface area contributed by atoms with Crippen LogP contribution in [-0.4, -0.2) is 21.5 Å². The quantitative estimate of drug-likeness (QED) is 0.409. The predicted octanol–water partition coefficient (Wildman–Crippen LogP) is 5.15. The molecular formula is C20H22FIN4O. The number of pyridine rings is 1. The molecule has 1 aromatic heterocycles. The van der Waals surface area contributed by atoms with Crippen molar-refractivity contribution < 1.29 is 9.13 Å². The second-order valence-corrected chi connectivity index (χ2v) is 8.03. The Morgan fingerprint density at radius 3 is 2.89 bits per heavy atom. The lowest BCUT2D eigenvalue weighted by atomic mass is 10.1. The highest BCUT2D eigenvalue weighted by atomic mass is 127. The van der Waals surface area contributed by atoms with Crippen LogP contribution in [0.5, 0.6) is 0 Å². The number of hydrogen-bond acceptors (Lipinski definition) is 5. The molecule has 142 valence electrons. The molecular weight excluding hydrogens is 458 g/mol. The lowest BCUT2D eigenvalue weighted by molar-refractivity contribution is 0.0341. The van der Waals surface area contributed by atoms with Crippen LogP contribution < -0.4 is 10.6 Å². The van der Waals surface area contributed by atoms with Crippen LogP contribution in [0.3, 0.4) is 0 Å². The highest BCUT2D eigenvalue weighted by Gasteiger charge is 2.21. The number of aryl methyl sites for hydroxylation is 1. The summed E-state index contributed by atoms with van der Waals surface area (Å²) in [4.78, 5) is 4.49. The molecule has 0 amide bonds. The number of nitrogens with zero attached hydrogens (tertiary/aromatic N) is 1. The zero-order chi connectivity index (χ0) is 18.8. The van der Waals surface area contributed by atoms with Crippen LogP contribution in [0.25, 0.3) is 0 Å². The van der Waals surface area contributed by atoms with E-state index in [1.165, 1.54) is 17.2 Å². The van der Waals surface area contributed by atoms with Crippen LogP contribution in [0.2, 0.25) is 0 Å². The monoisotopic (exact) mass is 480 g/mol. The molecule has 1 aliphatic carbocycles. The van der Waals surface area contributed by atoms with Gasteiger partial charge in [-0.2, -0.15) is 0 Å². The Hall–Kier alpha value is -1.74. The first kappa shape index (κ1) is 18.6. The van der Waals surface area contributed by atoms with Crippen molar-refractivity contribution in [2.45, 2.75) is 44.8 Å². The van der Waals surface area contributed by atoms with Crippen molar-refractivity contribution in [1.29, 1.82) is 5.41 Å². The second kappa shape index (κ2) is 8.10. The number of rotatable bonds is 5. The SMILES string of the molecule is N=C(I)c1cc(F)c(Nc2cccc3c2CCC3)nc1NC1CCCCO1. The third-order valence-electron chi connectivity index (χ3n) is 5.09. The molecule has 0 radical (unpaired) electrons. The molecule has 5 nitrogen and oxygen atoms in total. The Kier molecular flexibility index (Phi) is 5.58. The number of hydrogen-bond donors (Lipinski definition) is 3. The minimum Gasteiger partial charge on any atom is -0.359 e. The molecule has 27 heavy (non-hydrogen) atoms. The molecule has 2 aliphatic rings. The van der Waals surface area contributed by atoms with Gasteiger partial charge < -0.3 is 15.4 Å². The summed E-state index contributed by atoms with van der Waals surface area (Å²) in [5, 5.41) is 14.4. The molecule has 2 aromatic rings. The van der Waals surface area contributed by atoms with Crippen molar-refractivity contribution in [3.63, 3.8) is 0 Å². The number of nitrogens with one attached hydrogen (secondary N) is 3. The Balaban J connectivity index is 1.65. The smallest absolute Gasteiger partial charge is 0.169 e. The van der Waals surface area contributed by atoms with Crippen molar-refractivity contribution in [1.82, 2.24) is 4.98 Å². The molecule has 4 rings (SSSR count). The van der Waals surface area contributed by atoms with Crippen molar-refractivity contribution in [3.05, 3.63) is 46.8 Å². The number of benzene rings is 1. The number of anilines is 3. The van der Waals surface area contributed by atoms with Gasteiger partial charge in [0.05, 0.1) is 5.56 Å². The van der Waals surface area contributed by atoms with E-state index < -0.39 is 5.82 Å². The maximum atomic E-state index is 14.7. The van der Waals surface area contributed by atoms with Crippen LogP contribution in [0, 0.1) is 11.2 Å². The van der Waals surface area contributed by atoms with Crippen LogP contribution >= 0.6 is 22.6 Å². The first-order valence-corrected chi connectivity index (χ1v) is 10.4. The van der Waals surface area contributed by atoms with Gasteiger partial charge in [0.15, 0.2) is 11.6 Å². The van der Waals surface area contributed by atoms with Gasteiger partial charge in [0.1, 0.15) is 15.8 Å². The number of aromatic nitrogens is 1. The summed E-state index contributed by atoms with van der Waals surface area (Å²) >= 11 is 1.88. The van der Waals surface area contributed by atoms with Gasteiger partial charge in [0.2, 0.25) is 0 Å². The summed E-state index contributed by atoms with van der Waals surface area (Å²) in [5.41, 5.74) is 3.93. The number of ether oxygens (including phenoxy) is 1. The molecule has 1 unspecified atom stereocenters. The maximum Gasteiger partial charge on any atom is 0.169 e. The summed E-state index contributed by atoms with van der Waals surface area (Å²) in [6.07, 6.45) is 6.05. The van der Waals surface area contributed by atoms with Gasteiger partial charge in [-0.1, -0.05) is 12.1 Å². The summed E-state index contributed by atoms with van der Waals surface area (Å²) < 4.78 is 20.7. The Morgan fingerprint density at radius 2 is 2.11 bits per heavy atom. The van der Waals surface area contributed by atoms with Crippen LogP contribution in [-0.2, 0) is 17.6 Å². The van der Waals surface area contributed by atoms with Gasteiger partial charge in [-0.05, 0) is 84.4 Å². The minimum absolute atomic E-state index is 0.153. The fourth-order valence-electron chi connectivity index (χ4n) is 3.73.